The van der Waals surface area contributed by atoms with Gasteiger partial charge in [0.05, 0.1) is 0 Å². The van der Waals surface area contributed by atoms with Crippen LogP contribution in [0.3, 0.4) is 0 Å². The van der Waals surface area contributed by atoms with Crippen molar-refractivity contribution in [2.24, 2.45) is 0 Å². The standard InChI is InChI=1S/C60H37NO2S/c1-4-17-53-49(12-1)50-35-28-43(37-56(50)63-53)42-11-7-10-41(36-42)38-22-29-44(30-23-38)61(45-31-24-39(25-32-45)47-15-8-19-55-59(47)51-13-2-5-18-54(51)62-55)46-33-26-40(27-34-46)48-16-9-21-58-60(48)52-14-3-6-20-57(52)64-58/h1-37H. The number of fused-ring (bicyclic) bond motifs is 9. The van der Waals surface area contributed by atoms with Gasteiger partial charge in [-0.2, -0.15) is 0 Å². The highest BCUT2D eigenvalue weighted by Crippen LogP contribution is 2.43. The Labute approximate surface area is 373 Å². The summed E-state index contributed by atoms with van der Waals surface area (Å²) in [5.41, 5.74) is 16.2. The van der Waals surface area contributed by atoms with Crippen LogP contribution in [0.1, 0.15) is 0 Å². The molecule has 0 aliphatic carbocycles. The first-order chi connectivity index (χ1) is 31.7. The molecule has 3 heterocycles. The molecule has 0 unspecified atom stereocenters. The van der Waals surface area contributed by atoms with Crippen molar-refractivity contribution >= 4 is 92.4 Å². The number of hydrogen-bond donors (Lipinski definition) is 0. The summed E-state index contributed by atoms with van der Waals surface area (Å²) in [5.74, 6) is 0. The monoisotopic (exact) mass is 835 g/mol. The summed E-state index contributed by atoms with van der Waals surface area (Å²) in [5, 5.41) is 7.17. The zero-order valence-electron chi connectivity index (χ0n) is 34.5. The van der Waals surface area contributed by atoms with Crippen molar-refractivity contribution in [1.82, 2.24) is 0 Å². The molecule has 0 saturated heterocycles. The zero-order chi connectivity index (χ0) is 42.1. The Morgan fingerprint density at radius 1 is 0.281 bits per heavy atom. The molecule has 0 fully saturated rings. The van der Waals surface area contributed by atoms with Gasteiger partial charge in [-0.05, 0) is 129 Å². The van der Waals surface area contributed by atoms with Gasteiger partial charge in [0.25, 0.3) is 0 Å². The molecule has 0 radical (unpaired) electrons. The van der Waals surface area contributed by atoms with Crippen molar-refractivity contribution < 1.29 is 8.83 Å². The molecule has 0 spiro atoms. The van der Waals surface area contributed by atoms with Gasteiger partial charge in [0.15, 0.2) is 0 Å². The molecular weight excluding hydrogens is 799 g/mol. The lowest BCUT2D eigenvalue weighted by Gasteiger charge is -2.26. The van der Waals surface area contributed by atoms with E-state index in [0.29, 0.717) is 0 Å². The van der Waals surface area contributed by atoms with Crippen molar-refractivity contribution in [2.45, 2.75) is 0 Å². The van der Waals surface area contributed by atoms with Crippen LogP contribution < -0.4 is 4.90 Å². The van der Waals surface area contributed by atoms with Crippen LogP contribution in [0.5, 0.6) is 0 Å². The molecular formula is C60H37NO2S. The van der Waals surface area contributed by atoms with Gasteiger partial charge < -0.3 is 13.7 Å². The summed E-state index contributed by atoms with van der Waals surface area (Å²) in [6.07, 6.45) is 0. The van der Waals surface area contributed by atoms with Crippen LogP contribution in [0.15, 0.2) is 233 Å². The summed E-state index contributed by atoms with van der Waals surface area (Å²) in [6.45, 7) is 0. The first-order valence-electron chi connectivity index (χ1n) is 21.6. The second kappa shape index (κ2) is 14.7. The molecule has 0 atom stereocenters. The summed E-state index contributed by atoms with van der Waals surface area (Å²) < 4.78 is 15.1. The number of nitrogens with zero attached hydrogens (tertiary/aromatic N) is 1. The van der Waals surface area contributed by atoms with Gasteiger partial charge in [-0.3, -0.25) is 0 Å². The SMILES string of the molecule is c1cc(-c2ccc(N(c3ccc(-c4cccc5oc6ccccc6c45)cc3)c3ccc(-c4cccc5sc6ccccc6c45)cc3)cc2)cc(-c2ccc3c(c2)oc2ccccc23)c1. The molecule has 3 aromatic heterocycles. The Bertz CT molecular complexity index is 3730. The van der Waals surface area contributed by atoms with Crippen molar-refractivity contribution in [1.29, 1.82) is 0 Å². The number of para-hydroxylation sites is 2. The molecule has 3 nitrogen and oxygen atoms in total. The van der Waals surface area contributed by atoms with Crippen LogP contribution in [0, 0.1) is 0 Å². The van der Waals surface area contributed by atoms with Crippen molar-refractivity contribution in [2.75, 3.05) is 4.90 Å². The third-order valence-corrected chi connectivity index (χ3v) is 13.8. The quantitative estimate of drug-likeness (QED) is 0.160. The predicted molar refractivity (Wildman–Crippen MR) is 270 cm³/mol. The topological polar surface area (TPSA) is 29.5 Å². The van der Waals surface area contributed by atoms with Crippen LogP contribution in [-0.4, -0.2) is 0 Å². The summed E-state index contributed by atoms with van der Waals surface area (Å²) in [6, 6.07) is 80.5. The first kappa shape index (κ1) is 36.5. The first-order valence-corrected chi connectivity index (χ1v) is 22.5. The number of furan rings is 2. The van der Waals surface area contributed by atoms with Crippen LogP contribution in [0.25, 0.3) is 109 Å². The van der Waals surface area contributed by atoms with E-state index in [0.717, 1.165) is 94.3 Å². The van der Waals surface area contributed by atoms with Crippen LogP contribution >= 0.6 is 11.3 Å². The molecule has 13 rings (SSSR count). The van der Waals surface area contributed by atoms with Crippen molar-refractivity contribution in [3.63, 3.8) is 0 Å². The van der Waals surface area contributed by atoms with Gasteiger partial charge in [0.2, 0.25) is 0 Å². The second-order valence-electron chi connectivity index (χ2n) is 16.4. The number of anilines is 3. The molecule has 13 aromatic rings. The van der Waals surface area contributed by atoms with E-state index in [1.54, 1.807) is 0 Å². The third-order valence-electron chi connectivity index (χ3n) is 12.7. The average Bonchev–Trinajstić information content (AvgIpc) is 4.06. The maximum Gasteiger partial charge on any atom is 0.136 e. The summed E-state index contributed by atoms with van der Waals surface area (Å²) >= 11 is 1.86. The fraction of sp³-hybridized carbons (Fsp3) is 0. The minimum atomic E-state index is 0.897. The summed E-state index contributed by atoms with van der Waals surface area (Å²) in [4.78, 5) is 2.35. The Kier molecular flexibility index (Phi) is 8.40. The normalized spacial score (nSPS) is 11.8. The number of hydrogen-bond acceptors (Lipinski definition) is 4. The van der Waals surface area contributed by atoms with Crippen molar-refractivity contribution in [3.8, 4) is 44.5 Å². The lowest BCUT2D eigenvalue weighted by atomic mass is 9.97. The highest BCUT2D eigenvalue weighted by molar-refractivity contribution is 7.25. The lowest BCUT2D eigenvalue weighted by Crippen LogP contribution is -2.09. The molecule has 0 bridgehead atoms. The van der Waals surface area contributed by atoms with Crippen LogP contribution in [0.2, 0.25) is 0 Å². The lowest BCUT2D eigenvalue weighted by molar-refractivity contribution is 0.668. The van der Waals surface area contributed by atoms with Gasteiger partial charge >= 0.3 is 0 Å². The fourth-order valence-corrected chi connectivity index (χ4v) is 10.8. The number of thiophene rings is 1. The second-order valence-corrected chi connectivity index (χ2v) is 17.5. The van der Waals surface area contributed by atoms with E-state index < -0.39 is 0 Å². The van der Waals surface area contributed by atoms with E-state index in [1.165, 1.54) is 31.3 Å². The Hall–Kier alpha value is -8.18. The van der Waals surface area contributed by atoms with Crippen LogP contribution in [-0.2, 0) is 0 Å². The average molecular weight is 836 g/mol. The molecule has 0 saturated carbocycles. The Morgan fingerprint density at radius 3 is 1.47 bits per heavy atom. The maximum atomic E-state index is 6.26. The molecule has 10 aromatic carbocycles. The van der Waals surface area contributed by atoms with Crippen molar-refractivity contribution in [3.05, 3.63) is 224 Å². The Morgan fingerprint density at radius 2 is 0.750 bits per heavy atom. The minimum absolute atomic E-state index is 0.897. The Balaban J connectivity index is 0.880. The van der Waals surface area contributed by atoms with Gasteiger partial charge in [0, 0.05) is 58.8 Å². The van der Waals surface area contributed by atoms with Gasteiger partial charge in [0.1, 0.15) is 22.3 Å². The van der Waals surface area contributed by atoms with E-state index in [1.807, 2.05) is 35.6 Å². The largest absolute Gasteiger partial charge is 0.456 e. The molecule has 0 aliphatic heterocycles. The molecule has 300 valence electrons. The fourth-order valence-electron chi connectivity index (χ4n) is 9.64. The highest BCUT2D eigenvalue weighted by atomic mass is 32.1. The molecule has 64 heavy (non-hydrogen) atoms. The number of benzene rings is 10. The molecule has 0 aliphatic rings. The molecule has 0 N–H and O–H groups in total. The van der Waals surface area contributed by atoms with E-state index in [9.17, 15) is 0 Å². The maximum absolute atomic E-state index is 6.26. The van der Waals surface area contributed by atoms with E-state index in [-0.39, 0.29) is 0 Å². The zero-order valence-corrected chi connectivity index (χ0v) is 35.4. The highest BCUT2D eigenvalue weighted by Gasteiger charge is 2.18. The molecule has 0 amide bonds. The minimum Gasteiger partial charge on any atom is -0.456 e. The van der Waals surface area contributed by atoms with E-state index >= 15 is 0 Å². The van der Waals surface area contributed by atoms with E-state index in [4.69, 9.17) is 8.83 Å². The van der Waals surface area contributed by atoms with Gasteiger partial charge in [-0.1, -0.05) is 140 Å². The van der Waals surface area contributed by atoms with Gasteiger partial charge in [-0.25, -0.2) is 0 Å². The van der Waals surface area contributed by atoms with Crippen LogP contribution in [0.4, 0.5) is 17.1 Å². The summed E-state index contributed by atoms with van der Waals surface area (Å²) in [7, 11) is 0. The van der Waals surface area contributed by atoms with E-state index in [2.05, 4.69) is 205 Å². The van der Waals surface area contributed by atoms with Gasteiger partial charge in [-0.15, -0.1) is 11.3 Å². The smallest absolute Gasteiger partial charge is 0.136 e. The molecule has 4 heteroatoms. The number of rotatable bonds is 7. The third kappa shape index (κ3) is 6.03. The predicted octanol–water partition coefficient (Wildman–Crippen LogP) is 18.0.